The van der Waals surface area contributed by atoms with Crippen LogP contribution in [0.4, 0.5) is 11.4 Å². The summed E-state index contributed by atoms with van der Waals surface area (Å²) in [7, 11) is -3.96. The molecule has 2 aromatic carbocycles. The van der Waals surface area contributed by atoms with Crippen LogP contribution in [0, 0.1) is 0 Å². The third-order valence-electron chi connectivity index (χ3n) is 3.51. The van der Waals surface area contributed by atoms with E-state index in [-0.39, 0.29) is 26.5 Å². The van der Waals surface area contributed by atoms with Crippen molar-refractivity contribution in [1.29, 1.82) is 0 Å². The molecule has 0 saturated carbocycles. The number of hydrogen-bond donors (Lipinski definition) is 2. The van der Waals surface area contributed by atoms with Crippen LogP contribution in [0.1, 0.15) is 12.0 Å². The second-order valence-electron chi connectivity index (χ2n) is 5.22. The van der Waals surface area contributed by atoms with Gasteiger partial charge in [0.15, 0.2) is 0 Å². The first-order valence-corrected chi connectivity index (χ1v) is 9.48. The lowest BCUT2D eigenvalue weighted by Gasteiger charge is -2.19. The summed E-state index contributed by atoms with van der Waals surface area (Å²) in [5, 5.41) is 3.27. The van der Waals surface area contributed by atoms with Crippen LogP contribution in [0.15, 0.2) is 35.2 Å². The van der Waals surface area contributed by atoms with Crippen LogP contribution < -0.4 is 10.0 Å². The average Bonchev–Trinajstić information content (AvgIpc) is 2.50. The van der Waals surface area contributed by atoms with E-state index in [9.17, 15) is 13.2 Å². The van der Waals surface area contributed by atoms with Gasteiger partial charge in [-0.2, -0.15) is 0 Å². The molecule has 0 saturated heterocycles. The number of halogens is 3. The molecule has 0 aromatic heterocycles. The molecule has 1 aliphatic rings. The van der Waals surface area contributed by atoms with Crippen LogP contribution in [0.25, 0.3) is 0 Å². The van der Waals surface area contributed by atoms with Crippen molar-refractivity contribution in [2.75, 3.05) is 10.0 Å². The number of carbonyl (C=O) groups excluding carboxylic acids is 1. The molecule has 0 spiro atoms. The number of carbonyl (C=O) groups is 1. The molecule has 0 fully saturated rings. The lowest BCUT2D eigenvalue weighted by molar-refractivity contribution is -0.116. The van der Waals surface area contributed by atoms with Crippen molar-refractivity contribution in [2.24, 2.45) is 0 Å². The number of fused-ring (bicyclic) bond motifs is 1. The largest absolute Gasteiger partial charge is 0.326 e. The number of anilines is 2. The third kappa shape index (κ3) is 3.47. The maximum Gasteiger partial charge on any atom is 0.263 e. The van der Waals surface area contributed by atoms with Gasteiger partial charge in [0.2, 0.25) is 5.91 Å². The first-order chi connectivity index (χ1) is 11.3. The Labute approximate surface area is 154 Å². The van der Waals surface area contributed by atoms with Gasteiger partial charge < -0.3 is 5.32 Å². The second-order valence-corrected chi connectivity index (χ2v) is 8.09. The van der Waals surface area contributed by atoms with Crippen LogP contribution in [-0.4, -0.2) is 14.3 Å². The predicted molar refractivity (Wildman–Crippen MR) is 95.7 cm³/mol. The molecule has 24 heavy (non-hydrogen) atoms. The smallest absolute Gasteiger partial charge is 0.263 e. The Morgan fingerprint density at radius 1 is 0.958 bits per heavy atom. The van der Waals surface area contributed by atoms with Gasteiger partial charge >= 0.3 is 0 Å². The number of hydrogen-bond acceptors (Lipinski definition) is 3. The van der Waals surface area contributed by atoms with Gasteiger partial charge in [0.05, 0.1) is 20.8 Å². The van der Waals surface area contributed by atoms with E-state index in [1.165, 1.54) is 24.3 Å². The minimum absolute atomic E-state index is 0.0810. The zero-order valence-corrected chi connectivity index (χ0v) is 15.2. The van der Waals surface area contributed by atoms with Crippen LogP contribution in [0.3, 0.4) is 0 Å². The molecule has 5 nitrogen and oxygen atoms in total. The molecular formula is C15H11Cl3N2O3S. The van der Waals surface area contributed by atoms with Crippen molar-refractivity contribution < 1.29 is 13.2 Å². The van der Waals surface area contributed by atoms with Crippen LogP contribution >= 0.6 is 34.8 Å². The van der Waals surface area contributed by atoms with Crippen LogP contribution in [0.5, 0.6) is 0 Å². The lowest BCUT2D eigenvalue weighted by Crippen LogP contribution is -2.20. The molecule has 0 aliphatic carbocycles. The Morgan fingerprint density at radius 3 is 2.42 bits per heavy atom. The zero-order chi connectivity index (χ0) is 17.5. The first kappa shape index (κ1) is 17.4. The van der Waals surface area contributed by atoms with E-state index >= 15 is 0 Å². The quantitative estimate of drug-likeness (QED) is 0.798. The van der Waals surface area contributed by atoms with Crippen molar-refractivity contribution in [3.05, 3.63) is 51.0 Å². The number of sulfonamides is 1. The average molecular weight is 406 g/mol. The number of aryl methyl sites for hydroxylation is 1. The molecule has 0 atom stereocenters. The molecule has 2 aromatic rings. The fourth-order valence-electron chi connectivity index (χ4n) is 2.35. The monoisotopic (exact) mass is 404 g/mol. The van der Waals surface area contributed by atoms with E-state index in [1.54, 1.807) is 6.07 Å². The van der Waals surface area contributed by atoms with Crippen molar-refractivity contribution in [3.8, 4) is 0 Å². The van der Waals surface area contributed by atoms with Gasteiger partial charge in [-0.3, -0.25) is 9.52 Å². The SMILES string of the molecule is O=C1CCc2cc(Cl)c(S(=O)(=O)Nc3ccc(Cl)c(Cl)c3)cc2N1. The summed E-state index contributed by atoms with van der Waals surface area (Å²) in [6.07, 6.45) is 0.860. The summed E-state index contributed by atoms with van der Waals surface area (Å²) < 4.78 is 27.6. The highest BCUT2D eigenvalue weighted by Gasteiger charge is 2.23. The highest BCUT2D eigenvalue weighted by atomic mass is 35.5. The molecule has 0 bridgehead atoms. The summed E-state index contributed by atoms with van der Waals surface area (Å²) in [6.45, 7) is 0. The minimum atomic E-state index is -3.96. The lowest BCUT2D eigenvalue weighted by atomic mass is 10.0. The number of rotatable bonds is 3. The van der Waals surface area contributed by atoms with Gasteiger partial charge in [-0.25, -0.2) is 8.42 Å². The molecule has 2 N–H and O–H groups in total. The maximum atomic E-state index is 12.6. The standard InChI is InChI=1S/C15H11Cl3N2O3S/c16-10-3-2-9(6-11(10)17)20-24(22,23)14-7-13-8(5-12(14)18)1-4-15(21)19-13/h2-3,5-7,20H,1,4H2,(H,19,21). The summed E-state index contributed by atoms with van der Waals surface area (Å²) in [5.41, 5.74) is 1.50. The van der Waals surface area contributed by atoms with E-state index in [4.69, 9.17) is 34.8 Å². The van der Waals surface area contributed by atoms with E-state index < -0.39 is 10.0 Å². The Kier molecular flexibility index (Phi) is 4.66. The van der Waals surface area contributed by atoms with E-state index in [2.05, 4.69) is 10.0 Å². The molecule has 1 aliphatic heterocycles. The molecular weight excluding hydrogens is 395 g/mol. The highest BCUT2D eigenvalue weighted by molar-refractivity contribution is 7.92. The highest BCUT2D eigenvalue weighted by Crippen LogP contribution is 2.33. The summed E-state index contributed by atoms with van der Waals surface area (Å²) in [5.74, 6) is -0.161. The molecule has 0 unspecified atom stereocenters. The zero-order valence-electron chi connectivity index (χ0n) is 12.1. The van der Waals surface area contributed by atoms with Gasteiger partial charge in [-0.1, -0.05) is 34.8 Å². The van der Waals surface area contributed by atoms with Crippen molar-refractivity contribution >= 4 is 62.1 Å². The second kappa shape index (κ2) is 6.44. The van der Waals surface area contributed by atoms with Gasteiger partial charge in [0.25, 0.3) is 10.0 Å². The molecule has 9 heteroatoms. The number of benzene rings is 2. The Hall–Kier alpha value is -1.47. The van der Waals surface area contributed by atoms with Crippen molar-refractivity contribution in [2.45, 2.75) is 17.7 Å². The summed E-state index contributed by atoms with van der Waals surface area (Å²) >= 11 is 17.8. The normalized spacial score (nSPS) is 14.0. The van der Waals surface area contributed by atoms with E-state index in [0.717, 1.165) is 5.56 Å². The number of amides is 1. The van der Waals surface area contributed by atoms with Gasteiger partial charge in [-0.15, -0.1) is 0 Å². The molecule has 1 amide bonds. The molecule has 126 valence electrons. The van der Waals surface area contributed by atoms with Gasteiger partial charge in [-0.05, 0) is 42.3 Å². The van der Waals surface area contributed by atoms with Gasteiger partial charge in [0.1, 0.15) is 4.90 Å². The maximum absolute atomic E-state index is 12.6. The number of nitrogens with one attached hydrogen (secondary N) is 2. The Morgan fingerprint density at radius 2 is 1.71 bits per heavy atom. The minimum Gasteiger partial charge on any atom is -0.326 e. The van der Waals surface area contributed by atoms with Crippen molar-refractivity contribution in [1.82, 2.24) is 0 Å². The topological polar surface area (TPSA) is 75.3 Å². The fourth-order valence-corrected chi connectivity index (χ4v) is 4.28. The Bertz CT molecular complexity index is 945. The summed E-state index contributed by atoms with van der Waals surface area (Å²) in [4.78, 5) is 11.4. The first-order valence-electron chi connectivity index (χ1n) is 6.86. The fraction of sp³-hybridized carbons (Fsp3) is 0.133. The van der Waals surface area contributed by atoms with Gasteiger partial charge in [0, 0.05) is 12.1 Å². The van der Waals surface area contributed by atoms with Crippen LogP contribution in [0.2, 0.25) is 15.1 Å². The molecule has 0 radical (unpaired) electrons. The van der Waals surface area contributed by atoms with E-state index in [1.807, 2.05) is 0 Å². The van der Waals surface area contributed by atoms with E-state index in [0.29, 0.717) is 23.6 Å². The van der Waals surface area contributed by atoms with Crippen molar-refractivity contribution in [3.63, 3.8) is 0 Å². The summed E-state index contributed by atoms with van der Waals surface area (Å²) in [6, 6.07) is 7.28. The molecule has 1 heterocycles. The Balaban J connectivity index is 1.98. The predicted octanol–water partition coefficient (Wildman–Crippen LogP) is 4.33. The van der Waals surface area contributed by atoms with Crippen LogP contribution in [-0.2, 0) is 21.2 Å². The molecule has 3 rings (SSSR count). The third-order valence-corrected chi connectivity index (χ3v) is 6.10.